The van der Waals surface area contributed by atoms with Gasteiger partial charge in [0.25, 0.3) is 0 Å². The molecule has 1 aromatic carbocycles. The van der Waals surface area contributed by atoms with Gasteiger partial charge >= 0.3 is 0 Å². The van der Waals surface area contributed by atoms with Crippen molar-refractivity contribution in [1.82, 2.24) is 4.98 Å². The Kier molecular flexibility index (Phi) is 3.09. The number of nitrogens with one attached hydrogen (secondary N) is 1. The first-order valence-electron chi connectivity index (χ1n) is 5.83. The maximum Gasteiger partial charge on any atom is 0.0725 e. The highest BCUT2D eigenvalue weighted by molar-refractivity contribution is 5.91. The van der Waals surface area contributed by atoms with Crippen LogP contribution in [0.25, 0.3) is 10.9 Å². The smallest absolute Gasteiger partial charge is 0.0725 e. The van der Waals surface area contributed by atoms with Gasteiger partial charge in [-0.3, -0.25) is 4.98 Å². The Labute approximate surface area is 96.7 Å². The molecule has 0 radical (unpaired) electrons. The van der Waals surface area contributed by atoms with Gasteiger partial charge in [-0.2, -0.15) is 0 Å². The van der Waals surface area contributed by atoms with Crippen molar-refractivity contribution < 1.29 is 0 Å². The molecule has 0 spiro atoms. The third kappa shape index (κ3) is 2.16. The number of hydrogen-bond acceptors (Lipinski definition) is 2. The summed E-state index contributed by atoms with van der Waals surface area (Å²) in [6.07, 6.45) is 1.12. The molecule has 2 heteroatoms. The molecule has 2 nitrogen and oxygen atoms in total. The zero-order valence-corrected chi connectivity index (χ0v) is 10.1. The number of fused-ring (bicyclic) bond motifs is 1. The molecule has 1 heterocycles. The summed E-state index contributed by atoms with van der Waals surface area (Å²) in [4.78, 5) is 4.53. The van der Waals surface area contributed by atoms with Crippen molar-refractivity contribution in [1.29, 1.82) is 0 Å². The Morgan fingerprint density at radius 1 is 1.31 bits per heavy atom. The van der Waals surface area contributed by atoms with Crippen LogP contribution in [0.1, 0.15) is 26.0 Å². The molecule has 1 N–H and O–H groups in total. The van der Waals surface area contributed by atoms with Crippen molar-refractivity contribution >= 4 is 16.6 Å². The van der Waals surface area contributed by atoms with Crippen molar-refractivity contribution in [3.05, 3.63) is 36.0 Å². The van der Waals surface area contributed by atoms with E-state index in [9.17, 15) is 0 Å². The number of para-hydroxylation sites is 1. The first-order valence-corrected chi connectivity index (χ1v) is 5.83. The zero-order chi connectivity index (χ0) is 11.5. The summed E-state index contributed by atoms with van der Waals surface area (Å²) < 4.78 is 0. The average Bonchev–Trinajstić information content (AvgIpc) is 2.28. The first-order chi connectivity index (χ1) is 7.70. The number of pyridine rings is 1. The monoisotopic (exact) mass is 214 g/mol. The Balaban J connectivity index is 2.50. The van der Waals surface area contributed by atoms with Crippen LogP contribution in [0.15, 0.2) is 30.3 Å². The van der Waals surface area contributed by atoms with E-state index >= 15 is 0 Å². The second kappa shape index (κ2) is 4.52. The molecule has 16 heavy (non-hydrogen) atoms. The van der Waals surface area contributed by atoms with Crippen LogP contribution in [0.2, 0.25) is 0 Å². The van der Waals surface area contributed by atoms with Crippen molar-refractivity contribution in [3.8, 4) is 0 Å². The van der Waals surface area contributed by atoms with Gasteiger partial charge < -0.3 is 5.32 Å². The van der Waals surface area contributed by atoms with Gasteiger partial charge in [0.1, 0.15) is 0 Å². The van der Waals surface area contributed by atoms with Crippen LogP contribution in [0.3, 0.4) is 0 Å². The van der Waals surface area contributed by atoms with E-state index in [1.54, 1.807) is 0 Å². The van der Waals surface area contributed by atoms with Gasteiger partial charge in [0.15, 0.2) is 0 Å². The molecule has 0 saturated carbocycles. The summed E-state index contributed by atoms with van der Waals surface area (Å²) in [5.41, 5.74) is 3.32. The topological polar surface area (TPSA) is 24.9 Å². The summed E-state index contributed by atoms with van der Waals surface area (Å²) in [7, 11) is 0. The number of benzene rings is 1. The predicted molar refractivity (Wildman–Crippen MR) is 69.9 cm³/mol. The molecule has 1 aromatic heterocycles. The summed E-state index contributed by atoms with van der Waals surface area (Å²) in [6.45, 7) is 6.42. The third-order valence-electron chi connectivity index (χ3n) is 2.86. The second-order valence-electron chi connectivity index (χ2n) is 4.28. The quantitative estimate of drug-likeness (QED) is 0.841. The number of anilines is 1. The van der Waals surface area contributed by atoms with E-state index in [1.807, 2.05) is 13.0 Å². The minimum Gasteiger partial charge on any atom is -0.382 e. The standard InChI is InChI=1S/C14H18N2/c1-4-10(2)15-14-9-11(3)16-13-8-6-5-7-12(13)14/h5-10H,4H2,1-3H3,(H,15,16). The van der Waals surface area contributed by atoms with Crippen molar-refractivity contribution in [3.63, 3.8) is 0 Å². The average molecular weight is 214 g/mol. The van der Waals surface area contributed by atoms with Crippen LogP contribution < -0.4 is 5.32 Å². The minimum atomic E-state index is 0.491. The van der Waals surface area contributed by atoms with Gasteiger partial charge in [0, 0.05) is 22.8 Å². The second-order valence-corrected chi connectivity index (χ2v) is 4.28. The molecule has 0 amide bonds. The largest absolute Gasteiger partial charge is 0.382 e. The lowest BCUT2D eigenvalue weighted by Crippen LogP contribution is -2.13. The maximum absolute atomic E-state index is 4.53. The van der Waals surface area contributed by atoms with Gasteiger partial charge in [-0.05, 0) is 32.4 Å². The van der Waals surface area contributed by atoms with Crippen LogP contribution >= 0.6 is 0 Å². The molecular weight excluding hydrogens is 196 g/mol. The highest BCUT2D eigenvalue weighted by Crippen LogP contribution is 2.23. The SMILES string of the molecule is CCC(C)Nc1cc(C)nc2ccccc12. The molecule has 0 saturated heterocycles. The Bertz CT molecular complexity index is 491. The molecule has 84 valence electrons. The summed E-state index contributed by atoms with van der Waals surface area (Å²) >= 11 is 0. The Morgan fingerprint density at radius 2 is 2.06 bits per heavy atom. The Morgan fingerprint density at radius 3 is 2.81 bits per heavy atom. The van der Waals surface area contributed by atoms with Crippen molar-refractivity contribution in [2.75, 3.05) is 5.32 Å². The first kappa shape index (κ1) is 10.9. The van der Waals surface area contributed by atoms with Gasteiger partial charge in [0.05, 0.1) is 5.52 Å². The molecule has 1 unspecified atom stereocenters. The molecule has 1 atom stereocenters. The zero-order valence-electron chi connectivity index (χ0n) is 10.1. The molecular formula is C14H18N2. The molecule has 2 rings (SSSR count). The van der Waals surface area contributed by atoms with Gasteiger partial charge in [0.2, 0.25) is 0 Å². The Hall–Kier alpha value is -1.57. The third-order valence-corrected chi connectivity index (χ3v) is 2.86. The van der Waals surface area contributed by atoms with Crippen LogP contribution in [0.5, 0.6) is 0 Å². The fraction of sp³-hybridized carbons (Fsp3) is 0.357. The lowest BCUT2D eigenvalue weighted by molar-refractivity contribution is 0.765. The van der Waals surface area contributed by atoms with Gasteiger partial charge in [-0.25, -0.2) is 0 Å². The normalized spacial score (nSPS) is 12.7. The maximum atomic E-state index is 4.53. The predicted octanol–water partition coefficient (Wildman–Crippen LogP) is 3.75. The van der Waals surface area contributed by atoms with Crippen LogP contribution in [-0.4, -0.2) is 11.0 Å². The van der Waals surface area contributed by atoms with E-state index in [2.05, 4.69) is 48.4 Å². The number of aryl methyl sites for hydroxylation is 1. The van der Waals surface area contributed by atoms with Crippen molar-refractivity contribution in [2.24, 2.45) is 0 Å². The van der Waals surface area contributed by atoms with Crippen molar-refractivity contribution in [2.45, 2.75) is 33.2 Å². The number of aromatic nitrogens is 1. The lowest BCUT2D eigenvalue weighted by Gasteiger charge is -2.15. The summed E-state index contributed by atoms with van der Waals surface area (Å²) in [5, 5.41) is 4.74. The number of hydrogen-bond donors (Lipinski definition) is 1. The molecule has 0 aliphatic heterocycles. The van der Waals surface area contributed by atoms with E-state index < -0.39 is 0 Å². The highest BCUT2D eigenvalue weighted by atomic mass is 14.9. The van der Waals surface area contributed by atoms with Gasteiger partial charge in [-0.1, -0.05) is 25.1 Å². The number of nitrogens with zero attached hydrogens (tertiary/aromatic N) is 1. The van der Waals surface area contributed by atoms with Crippen LogP contribution in [-0.2, 0) is 0 Å². The molecule has 2 aromatic rings. The molecule has 0 aliphatic rings. The van der Waals surface area contributed by atoms with Crippen LogP contribution in [0.4, 0.5) is 5.69 Å². The van der Waals surface area contributed by atoms with E-state index in [0.717, 1.165) is 17.6 Å². The van der Waals surface area contributed by atoms with E-state index in [1.165, 1.54) is 11.1 Å². The fourth-order valence-electron chi connectivity index (χ4n) is 1.79. The van der Waals surface area contributed by atoms with E-state index in [0.29, 0.717) is 6.04 Å². The number of rotatable bonds is 3. The summed E-state index contributed by atoms with van der Waals surface area (Å²) in [6, 6.07) is 10.9. The lowest BCUT2D eigenvalue weighted by atomic mass is 10.1. The molecule has 0 aliphatic carbocycles. The molecule has 0 fully saturated rings. The van der Waals surface area contributed by atoms with Crippen LogP contribution in [0, 0.1) is 6.92 Å². The van der Waals surface area contributed by atoms with Gasteiger partial charge in [-0.15, -0.1) is 0 Å². The fourth-order valence-corrected chi connectivity index (χ4v) is 1.79. The summed E-state index contributed by atoms with van der Waals surface area (Å²) in [5.74, 6) is 0. The minimum absolute atomic E-state index is 0.491. The molecule has 0 bridgehead atoms. The van der Waals surface area contributed by atoms with E-state index in [-0.39, 0.29) is 0 Å². The highest BCUT2D eigenvalue weighted by Gasteiger charge is 2.05. The van der Waals surface area contributed by atoms with E-state index in [4.69, 9.17) is 0 Å².